The Morgan fingerprint density at radius 3 is 2.15 bits per heavy atom. The van der Waals surface area contributed by atoms with Gasteiger partial charge in [-0.1, -0.05) is 0 Å². The highest BCUT2D eigenvalue weighted by Gasteiger charge is 1.98. The Kier molecular flexibility index (Phi) is 2.96. The number of anilines is 1. The van der Waals surface area contributed by atoms with Gasteiger partial charge in [-0.2, -0.15) is 0 Å². The third kappa shape index (κ3) is 2.25. The van der Waals surface area contributed by atoms with Gasteiger partial charge in [0.15, 0.2) is 0 Å². The SMILES string of the molecule is [CH]=C(OC)c1ccc(N(C)C)cc1. The van der Waals surface area contributed by atoms with E-state index in [4.69, 9.17) is 11.3 Å². The maximum Gasteiger partial charge on any atom is 0.126 e. The van der Waals surface area contributed by atoms with E-state index >= 15 is 0 Å². The molecule has 1 rings (SSSR count). The maximum absolute atomic E-state index is 5.60. The number of methoxy groups -OCH3 is 1. The highest BCUT2D eigenvalue weighted by molar-refractivity contribution is 5.59. The molecule has 13 heavy (non-hydrogen) atoms. The van der Waals surface area contributed by atoms with E-state index in [0.717, 1.165) is 11.3 Å². The molecule has 0 aliphatic rings. The summed E-state index contributed by atoms with van der Waals surface area (Å²) in [6.07, 6.45) is 0. The summed E-state index contributed by atoms with van der Waals surface area (Å²) in [6.45, 7) is 5.60. The van der Waals surface area contributed by atoms with Crippen LogP contribution in [0, 0.1) is 6.58 Å². The van der Waals surface area contributed by atoms with Gasteiger partial charge in [-0.05, 0) is 30.8 Å². The monoisotopic (exact) mass is 176 g/mol. The Balaban J connectivity index is 2.87. The third-order valence-corrected chi connectivity index (χ3v) is 1.89. The molecule has 0 N–H and O–H groups in total. The van der Waals surface area contributed by atoms with Gasteiger partial charge in [0, 0.05) is 25.3 Å². The fraction of sp³-hybridized carbons (Fsp3) is 0.273. The predicted molar refractivity (Wildman–Crippen MR) is 55.5 cm³/mol. The lowest BCUT2D eigenvalue weighted by atomic mass is 10.2. The molecule has 0 aliphatic carbocycles. The first kappa shape index (κ1) is 9.65. The van der Waals surface area contributed by atoms with Gasteiger partial charge in [0.05, 0.1) is 7.11 Å². The second-order valence-electron chi connectivity index (χ2n) is 3.01. The molecule has 0 aromatic heterocycles. The molecule has 1 aromatic rings. The first-order valence-corrected chi connectivity index (χ1v) is 4.09. The summed E-state index contributed by atoms with van der Waals surface area (Å²) < 4.78 is 4.92. The quantitative estimate of drug-likeness (QED) is 0.654. The van der Waals surface area contributed by atoms with Crippen LogP contribution in [0.15, 0.2) is 24.3 Å². The highest BCUT2D eigenvalue weighted by atomic mass is 16.5. The van der Waals surface area contributed by atoms with Crippen molar-refractivity contribution in [3.05, 3.63) is 36.4 Å². The number of hydrogen-bond acceptors (Lipinski definition) is 2. The van der Waals surface area contributed by atoms with Crippen molar-refractivity contribution in [2.45, 2.75) is 0 Å². The van der Waals surface area contributed by atoms with Crippen LogP contribution in [-0.2, 0) is 4.74 Å². The van der Waals surface area contributed by atoms with E-state index in [-0.39, 0.29) is 0 Å². The molecular formula is C11H14NO. The van der Waals surface area contributed by atoms with Crippen molar-refractivity contribution in [3.63, 3.8) is 0 Å². The molecule has 0 fully saturated rings. The molecule has 0 atom stereocenters. The smallest absolute Gasteiger partial charge is 0.126 e. The number of rotatable bonds is 3. The minimum atomic E-state index is 0.449. The van der Waals surface area contributed by atoms with Crippen LogP contribution in [0.4, 0.5) is 5.69 Å². The Morgan fingerprint density at radius 2 is 1.77 bits per heavy atom. The second-order valence-corrected chi connectivity index (χ2v) is 3.01. The van der Waals surface area contributed by atoms with Crippen molar-refractivity contribution in [3.8, 4) is 0 Å². The molecule has 69 valence electrons. The van der Waals surface area contributed by atoms with Crippen molar-refractivity contribution in [1.82, 2.24) is 0 Å². The standard InChI is InChI=1S/C11H14NO/c1-9(13-4)10-5-7-11(8-6-10)12(2)3/h1,5-8H,2-4H3. The van der Waals surface area contributed by atoms with Crippen LogP contribution in [0.2, 0.25) is 0 Å². The van der Waals surface area contributed by atoms with Crippen molar-refractivity contribution in [2.24, 2.45) is 0 Å². The molecule has 0 saturated carbocycles. The highest BCUT2D eigenvalue weighted by Crippen LogP contribution is 2.17. The number of hydrogen-bond donors (Lipinski definition) is 0. The van der Waals surface area contributed by atoms with Gasteiger partial charge in [-0.25, -0.2) is 0 Å². The minimum absolute atomic E-state index is 0.449. The van der Waals surface area contributed by atoms with E-state index in [1.165, 1.54) is 0 Å². The molecule has 0 saturated heterocycles. The summed E-state index contributed by atoms with van der Waals surface area (Å²) in [5.41, 5.74) is 2.06. The molecule has 2 nitrogen and oxygen atoms in total. The van der Waals surface area contributed by atoms with Crippen LogP contribution in [-0.4, -0.2) is 21.2 Å². The summed E-state index contributed by atoms with van der Waals surface area (Å²) >= 11 is 0. The fourth-order valence-corrected chi connectivity index (χ4v) is 1.04. The van der Waals surface area contributed by atoms with E-state index in [0.29, 0.717) is 5.76 Å². The molecule has 0 unspecified atom stereocenters. The summed E-state index contributed by atoms with van der Waals surface area (Å²) in [6, 6.07) is 7.88. The molecule has 0 aliphatic heterocycles. The molecule has 1 aromatic carbocycles. The average Bonchev–Trinajstić information content (AvgIpc) is 2.17. The maximum atomic E-state index is 5.60. The van der Waals surface area contributed by atoms with Gasteiger partial charge in [0.25, 0.3) is 0 Å². The van der Waals surface area contributed by atoms with Gasteiger partial charge in [0.1, 0.15) is 5.76 Å². The van der Waals surface area contributed by atoms with Crippen LogP contribution in [0.5, 0.6) is 0 Å². The lowest BCUT2D eigenvalue weighted by Gasteiger charge is -2.12. The second kappa shape index (κ2) is 3.99. The van der Waals surface area contributed by atoms with Crippen molar-refractivity contribution in [1.29, 1.82) is 0 Å². The minimum Gasteiger partial charge on any atom is -0.496 e. The Hall–Kier alpha value is -1.44. The molecule has 0 spiro atoms. The third-order valence-electron chi connectivity index (χ3n) is 1.89. The molecular weight excluding hydrogens is 162 g/mol. The van der Waals surface area contributed by atoms with Crippen LogP contribution in [0.3, 0.4) is 0 Å². The normalized spacial score (nSPS) is 9.46. The summed E-state index contributed by atoms with van der Waals surface area (Å²) in [5.74, 6) is 0.449. The number of nitrogens with zero attached hydrogens (tertiary/aromatic N) is 1. The van der Waals surface area contributed by atoms with E-state index < -0.39 is 0 Å². The zero-order chi connectivity index (χ0) is 9.84. The van der Waals surface area contributed by atoms with E-state index in [1.54, 1.807) is 7.11 Å². The van der Waals surface area contributed by atoms with Gasteiger partial charge < -0.3 is 9.64 Å². The average molecular weight is 176 g/mol. The van der Waals surface area contributed by atoms with Crippen molar-refractivity contribution >= 4 is 11.4 Å². The fourth-order valence-electron chi connectivity index (χ4n) is 1.04. The zero-order valence-electron chi connectivity index (χ0n) is 8.24. The van der Waals surface area contributed by atoms with Gasteiger partial charge >= 0.3 is 0 Å². The molecule has 0 bridgehead atoms. The zero-order valence-corrected chi connectivity index (χ0v) is 8.24. The molecule has 2 heteroatoms. The number of ether oxygens (including phenoxy) is 1. The Labute approximate surface area is 79.4 Å². The molecule has 0 amide bonds. The van der Waals surface area contributed by atoms with Gasteiger partial charge in [-0.3, -0.25) is 0 Å². The summed E-state index contributed by atoms with van der Waals surface area (Å²) in [4.78, 5) is 2.03. The van der Waals surface area contributed by atoms with E-state index in [1.807, 2.05) is 43.3 Å². The first-order valence-electron chi connectivity index (χ1n) is 4.09. The van der Waals surface area contributed by atoms with Crippen LogP contribution in [0.1, 0.15) is 5.56 Å². The first-order chi connectivity index (χ1) is 6.15. The van der Waals surface area contributed by atoms with Gasteiger partial charge in [-0.15, -0.1) is 0 Å². The van der Waals surface area contributed by atoms with E-state index in [2.05, 4.69) is 0 Å². The largest absolute Gasteiger partial charge is 0.496 e. The lowest BCUT2D eigenvalue weighted by Crippen LogP contribution is -2.08. The number of benzene rings is 1. The predicted octanol–water partition coefficient (Wildman–Crippen LogP) is 2.17. The topological polar surface area (TPSA) is 12.5 Å². The van der Waals surface area contributed by atoms with Gasteiger partial charge in [0.2, 0.25) is 0 Å². The van der Waals surface area contributed by atoms with Crippen molar-refractivity contribution < 1.29 is 4.74 Å². The molecule has 1 radical (unpaired) electrons. The van der Waals surface area contributed by atoms with Crippen LogP contribution >= 0.6 is 0 Å². The van der Waals surface area contributed by atoms with Crippen LogP contribution in [0.25, 0.3) is 5.76 Å². The lowest BCUT2D eigenvalue weighted by molar-refractivity contribution is 0.370. The Morgan fingerprint density at radius 1 is 1.23 bits per heavy atom. The summed E-state index contributed by atoms with van der Waals surface area (Å²) in [5, 5.41) is 0. The van der Waals surface area contributed by atoms with Crippen molar-refractivity contribution in [2.75, 3.05) is 26.1 Å². The molecule has 0 heterocycles. The van der Waals surface area contributed by atoms with Crippen LogP contribution < -0.4 is 4.90 Å². The Bertz CT molecular complexity index is 287. The summed E-state index contributed by atoms with van der Waals surface area (Å²) in [7, 11) is 5.56. The van der Waals surface area contributed by atoms with E-state index in [9.17, 15) is 0 Å².